The molecule has 0 fully saturated rings. The number of nitriles is 1. The van der Waals surface area contributed by atoms with Crippen LogP contribution in [-0.4, -0.2) is 31.9 Å². The molecule has 6 nitrogen and oxygen atoms in total. The minimum atomic E-state index is -0.249. The summed E-state index contributed by atoms with van der Waals surface area (Å²) in [6.07, 6.45) is 1.67. The third kappa shape index (κ3) is 2.80. The van der Waals surface area contributed by atoms with E-state index in [1.54, 1.807) is 14.2 Å². The zero-order valence-corrected chi connectivity index (χ0v) is 15.5. The van der Waals surface area contributed by atoms with Crippen molar-refractivity contribution in [2.75, 3.05) is 21.3 Å². The van der Waals surface area contributed by atoms with Gasteiger partial charge >= 0.3 is 5.97 Å². The molecule has 0 unspecified atom stereocenters. The fraction of sp³-hybridized carbons (Fsp3) is 0.400. The third-order valence-electron chi connectivity index (χ3n) is 5.02. The van der Waals surface area contributed by atoms with E-state index in [4.69, 9.17) is 14.2 Å². The number of hydrogen-bond acceptors (Lipinski definition) is 5. The molecule has 3 rings (SSSR count). The summed E-state index contributed by atoms with van der Waals surface area (Å²) in [5.74, 6) is 1.08. The van der Waals surface area contributed by atoms with Crippen LogP contribution in [-0.2, 0) is 28.9 Å². The fourth-order valence-corrected chi connectivity index (χ4v) is 3.68. The zero-order chi connectivity index (χ0) is 18.8. The molecule has 0 aliphatic carbocycles. The van der Waals surface area contributed by atoms with E-state index in [2.05, 4.69) is 10.6 Å². The SMILES string of the molecule is COC(=O)CCc1c(C)c(C#N)c2n1CCc1cc(OC)c(OC)cc1-2. The van der Waals surface area contributed by atoms with Crippen LogP contribution in [0.1, 0.15) is 28.8 Å². The average Bonchev–Trinajstić information content (AvgIpc) is 2.95. The molecule has 1 aromatic carbocycles. The van der Waals surface area contributed by atoms with Gasteiger partial charge in [0.15, 0.2) is 11.5 Å². The Kier molecular flexibility index (Phi) is 4.90. The number of carbonyl (C=O) groups excluding carboxylic acids is 1. The standard InChI is InChI=1S/C20H22N2O4/c1-12-15(11-21)20-14-10-18(25-3)17(24-2)9-13(14)7-8-22(20)16(12)5-6-19(23)26-4/h9-10H,5-8H2,1-4H3. The first-order valence-electron chi connectivity index (χ1n) is 8.49. The van der Waals surface area contributed by atoms with Gasteiger partial charge in [-0.2, -0.15) is 5.26 Å². The monoisotopic (exact) mass is 354 g/mol. The maximum atomic E-state index is 11.6. The van der Waals surface area contributed by atoms with E-state index in [9.17, 15) is 10.1 Å². The molecule has 26 heavy (non-hydrogen) atoms. The second-order valence-electron chi connectivity index (χ2n) is 6.25. The predicted molar refractivity (Wildman–Crippen MR) is 96.5 cm³/mol. The number of fused-ring (bicyclic) bond motifs is 3. The number of carbonyl (C=O) groups is 1. The fourth-order valence-electron chi connectivity index (χ4n) is 3.68. The number of benzene rings is 1. The first-order valence-corrected chi connectivity index (χ1v) is 8.49. The topological polar surface area (TPSA) is 73.5 Å². The van der Waals surface area contributed by atoms with E-state index in [0.717, 1.165) is 41.0 Å². The van der Waals surface area contributed by atoms with Crippen LogP contribution >= 0.6 is 0 Å². The molecule has 1 aliphatic rings. The molecule has 1 aromatic heterocycles. The van der Waals surface area contributed by atoms with E-state index >= 15 is 0 Å². The van der Waals surface area contributed by atoms with Crippen molar-refractivity contribution in [3.05, 3.63) is 34.5 Å². The lowest BCUT2D eigenvalue weighted by Crippen LogP contribution is -2.15. The van der Waals surface area contributed by atoms with Crippen LogP contribution in [0.25, 0.3) is 11.3 Å². The number of aryl methyl sites for hydroxylation is 1. The lowest BCUT2D eigenvalue weighted by atomic mass is 9.95. The molecule has 2 aromatic rings. The Bertz CT molecular complexity index is 906. The molecule has 2 heterocycles. The normalized spacial score (nSPS) is 12.0. The van der Waals surface area contributed by atoms with Crippen LogP contribution in [0.5, 0.6) is 11.5 Å². The summed E-state index contributed by atoms with van der Waals surface area (Å²) in [6, 6.07) is 6.26. The summed E-state index contributed by atoms with van der Waals surface area (Å²) < 4.78 is 17.8. The Morgan fingerprint density at radius 3 is 2.54 bits per heavy atom. The van der Waals surface area contributed by atoms with E-state index < -0.39 is 0 Å². The van der Waals surface area contributed by atoms with Gasteiger partial charge in [-0.3, -0.25) is 4.79 Å². The van der Waals surface area contributed by atoms with Gasteiger partial charge in [0, 0.05) is 17.8 Å². The van der Waals surface area contributed by atoms with Crippen molar-refractivity contribution in [3.8, 4) is 28.8 Å². The van der Waals surface area contributed by atoms with Crippen LogP contribution in [0.15, 0.2) is 12.1 Å². The van der Waals surface area contributed by atoms with Crippen molar-refractivity contribution in [1.29, 1.82) is 5.26 Å². The highest BCUT2D eigenvalue weighted by atomic mass is 16.5. The molecule has 0 bridgehead atoms. The Morgan fingerprint density at radius 1 is 1.23 bits per heavy atom. The average molecular weight is 354 g/mol. The maximum Gasteiger partial charge on any atom is 0.305 e. The van der Waals surface area contributed by atoms with E-state index in [1.807, 2.05) is 19.1 Å². The van der Waals surface area contributed by atoms with Crippen molar-refractivity contribution in [2.24, 2.45) is 0 Å². The lowest BCUT2D eigenvalue weighted by molar-refractivity contribution is -0.140. The third-order valence-corrected chi connectivity index (χ3v) is 5.02. The second kappa shape index (κ2) is 7.12. The summed E-state index contributed by atoms with van der Waals surface area (Å²) in [7, 11) is 4.61. The molecule has 1 aliphatic heterocycles. The minimum absolute atomic E-state index is 0.249. The summed E-state index contributed by atoms with van der Waals surface area (Å²) in [4.78, 5) is 11.6. The van der Waals surface area contributed by atoms with Crippen LogP contribution in [0.3, 0.4) is 0 Å². The van der Waals surface area contributed by atoms with E-state index in [1.165, 1.54) is 7.11 Å². The quantitative estimate of drug-likeness (QED) is 0.772. The van der Waals surface area contributed by atoms with Crippen molar-refractivity contribution in [1.82, 2.24) is 4.57 Å². The summed E-state index contributed by atoms with van der Waals surface area (Å²) in [6.45, 7) is 2.70. The Morgan fingerprint density at radius 2 is 1.92 bits per heavy atom. The number of methoxy groups -OCH3 is 3. The molecule has 0 spiro atoms. The van der Waals surface area contributed by atoms with Gasteiger partial charge in [0.2, 0.25) is 0 Å². The number of rotatable bonds is 5. The summed E-state index contributed by atoms with van der Waals surface area (Å²) >= 11 is 0. The van der Waals surface area contributed by atoms with Gasteiger partial charge in [0.05, 0.1) is 39.0 Å². The molecule has 0 N–H and O–H groups in total. The van der Waals surface area contributed by atoms with Gasteiger partial charge in [-0.1, -0.05) is 0 Å². The highest BCUT2D eigenvalue weighted by Crippen LogP contribution is 2.42. The number of hydrogen-bond donors (Lipinski definition) is 0. The number of aromatic nitrogens is 1. The largest absolute Gasteiger partial charge is 0.493 e. The second-order valence-corrected chi connectivity index (χ2v) is 6.25. The minimum Gasteiger partial charge on any atom is -0.493 e. The van der Waals surface area contributed by atoms with E-state index in [0.29, 0.717) is 29.9 Å². The first-order chi connectivity index (χ1) is 12.5. The molecular weight excluding hydrogens is 332 g/mol. The Hall–Kier alpha value is -2.94. The summed E-state index contributed by atoms with van der Waals surface area (Å²) in [5, 5.41) is 9.75. The Labute approximate surface area is 152 Å². The van der Waals surface area contributed by atoms with Gasteiger partial charge in [-0.15, -0.1) is 0 Å². The highest BCUT2D eigenvalue weighted by molar-refractivity contribution is 5.78. The number of nitrogens with zero attached hydrogens (tertiary/aromatic N) is 2. The van der Waals surface area contributed by atoms with Gasteiger partial charge in [0.1, 0.15) is 6.07 Å². The lowest BCUT2D eigenvalue weighted by Gasteiger charge is -2.23. The van der Waals surface area contributed by atoms with Crippen molar-refractivity contribution in [2.45, 2.75) is 32.7 Å². The highest BCUT2D eigenvalue weighted by Gasteiger charge is 2.27. The number of esters is 1. The van der Waals surface area contributed by atoms with Gasteiger partial charge in [-0.25, -0.2) is 0 Å². The Balaban J connectivity index is 2.15. The van der Waals surface area contributed by atoms with Crippen molar-refractivity contribution < 1.29 is 19.0 Å². The molecule has 0 saturated carbocycles. The van der Waals surface area contributed by atoms with Crippen molar-refractivity contribution >= 4 is 5.97 Å². The van der Waals surface area contributed by atoms with Gasteiger partial charge < -0.3 is 18.8 Å². The predicted octanol–water partition coefficient (Wildman–Crippen LogP) is 3.01. The van der Waals surface area contributed by atoms with Crippen LogP contribution in [0.2, 0.25) is 0 Å². The molecule has 0 amide bonds. The molecule has 0 radical (unpaired) electrons. The van der Waals surface area contributed by atoms with Crippen LogP contribution in [0, 0.1) is 18.3 Å². The van der Waals surface area contributed by atoms with Crippen LogP contribution < -0.4 is 9.47 Å². The molecule has 6 heteroatoms. The number of ether oxygens (including phenoxy) is 3. The molecular formula is C20H22N2O4. The van der Waals surface area contributed by atoms with Crippen molar-refractivity contribution in [3.63, 3.8) is 0 Å². The smallest absolute Gasteiger partial charge is 0.305 e. The zero-order valence-electron chi connectivity index (χ0n) is 15.5. The molecule has 0 atom stereocenters. The first kappa shape index (κ1) is 17.9. The maximum absolute atomic E-state index is 11.6. The molecule has 136 valence electrons. The van der Waals surface area contributed by atoms with Gasteiger partial charge in [-0.05, 0) is 43.0 Å². The molecule has 0 saturated heterocycles. The van der Waals surface area contributed by atoms with E-state index in [-0.39, 0.29) is 5.97 Å². The van der Waals surface area contributed by atoms with Crippen LogP contribution in [0.4, 0.5) is 0 Å². The van der Waals surface area contributed by atoms with Gasteiger partial charge in [0.25, 0.3) is 0 Å². The summed E-state index contributed by atoms with van der Waals surface area (Å²) in [5.41, 5.74) is 5.60.